The molecule has 95 heavy (non-hydrogen) atoms. The van der Waals surface area contributed by atoms with E-state index in [0.29, 0.717) is 5.95 Å². The number of piperazine rings is 2. The number of halogens is 5. The summed E-state index contributed by atoms with van der Waals surface area (Å²) in [7, 11) is 4.32. The first-order chi connectivity index (χ1) is 45.5. The van der Waals surface area contributed by atoms with Gasteiger partial charge >= 0.3 is 0 Å². The van der Waals surface area contributed by atoms with Crippen molar-refractivity contribution in [2.45, 2.75) is 71.1 Å². The predicted molar refractivity (Wildman–Crippen MR) is 367 cm³/mol. The van der Waals surface area contributed by atoms with Crippen LogP contribution >= 0.6 is 23.2 Å². The molecule has 5 heterocycles. The maximum Gasteiger partial charge on any atom is 0.229 e. The summed E-state index contributed by atoms with van der Waals surface area (Å²) >= 11 is 11.5. The second-order valence-electron chi connectivity index (χ2n) is 26.2. The van der Waals surface area contributed by atoms with Crippen molar-refractivity contribution in [3.05, 3.63) is 166 Å². The molecule has 2 unspecified atom stereocenters. The van der Waals surface area contributed by atoms with Crippen molar-refractivity contribution >= 4 is 87.1 Å². The Kier molecular flexibility index (Phi) is 21.1. The first-order valence-electron chi connectivity index (χ1n) is 32.3. The normalized spacial score (nSPS) is 26.2. The molecule has 11 N–H and O–H groups in total. The van der Waals surface area contributed by atoms with Crippen LogP contribution in [0.4, 0.5) is 59.3 Å². The topological polar surface area (TPSA) is 280 Å². The number of carbonyl (C=O) groups is 3. The average Bonchev–Trinajstić information content (AvgIpc) is 1.65. The first-order valence-corrected chi connectivity index (χ1v) is 33.1. The number of fused-ring (bicyclic) bond motifs is 6. The number of carbonyl (C=O) groups excluding carboxylic acids is 3. The zero-order valence-corrected chi connectivity index (χ0v) is 55.6. The van der Waals surface area contributed by atoms with E-state index in [4.69, 9.17) is 40.4 Å². The lowest BCUT2D eigenvalue weighted by atomic mass is 9.87. The van der Waals surface area contributed by atoms with Crippen LogP contribution in [0.2, 0.25) is 10.6 Å². The zero-order valence-electron chi connectivity index (χ0n) is 54.1. The number of nitrogens with two attached hydrogens (primary N) is 3. The minimum Gasteiger partial charge on any atom is -0.399 e. The molecular formula is C69H83Cl2F3N18O3. The molecule has 6 aliphatic carbocycles. The van der Waals surface area contributed by atoms with Gasteiger partial charge < -0.3 is 63.4 Å². The van der Waals surface area contributed by atoms with Gasteiger partial charge in [-0.3, -0.25) is 14.4 Å². The number of nitrogens with zero attached hydrogens (tertiary/aromatic N) is 10. The van der Waals surface area contributed by atoms with Gasteiger partial charge in [-0.05, 0) is 173 Å². The second-order valence-corrected chi connectivity index (χ2v) is 26.9. The number of benzene rings is 3. The molecule has 3 saturated carbocycles. The largest absolute Gasteiger partial charge is 0.399 e. The Morgan fingerprint density at radius 3 is 1.40 bits per heavy atom. The minimum atomic E-state index is -0.598. The summed E-state index contributed by atoms with van der Waals surface area (Å²) in [5.41, 5.74) is 25.7. The number of aromatic nitrogens is 6. The molecule has 3 amide bonds. The minimum absolute atomic E-state index is 0.0113. The van der Waals surface area contributed by atoms with E-state index < -0.39 is 17.5 Å². The fourth-order valence-corrected chi connectivity index (χ4v) is 14.9. The zero-order chi connectivity index (χ0) is 67.4. The first kappa shape index (κ1) is 67.8. The molecule has 3 aromatic carbocycles. The Morgan fingerprint density at radius 1 is 0.537 bits per heavy atom. The summed E-state index contributed by atoms with van der Waals surface area (Å²) in [6.45, 7) is 16.8. The number of rotatable bonds is 15. The number of hydrogen-bond donors (Lipinski definition) is 8. The molecule has 8 aliphatic rings. The summed E-state index contributed by atoms with van der Waals surface area (Å²) in [4.78, 5) is 69.6. The summed E-state index contributed by atoms with van der Waals surface area (Å²) in [6, 6.07) is 19.6. The highest BCUT2D eigenvalue weighted by Gasteiger charge is 2.50. The molecule has 502 valence electrons. The van der Waals surface area contributed by atoms with Crippen LogP contribution in [0.1, 0.15) is 54.5 Å². The molecular weight excluding hydrogens is 1260 g/mol. The van der Waals surface area contributed by atoms with E-state index in [9.17, 15) is 27.6 Å². The van der Waals surface area contributed by atoms with Crippen molar-refractivity contribution in [3.63, 3.8) is 0 Å². The Balaban J connectivity index is 0.000000134. The molecule has 21 nitrogen and oxygen atoms in total. The predicted octanol–water partition coefficient (Wildman–Crippen LogP) is 9.25. The SMILES string of the molecule is Cc1cc(N)ccc1N1CCN(C)CC1.Cc1cc(Nc2ncc(F)c(N[C@@H]3[C@H](C(N)=O)[C@H]4C=C[C@@H]3C4)n2)ccc1N1CCN(C)CC1.Cc1ccc([C@@H](C)NC(=O)C2[C@@H](Nc3nc(Cl)ncc3F)[C@@H]3C=C[C@H]2C3)cc1.NC(=O)C1[C@@H](Nc2nc(Cl)ncc2F)[C@@H]2C=C[C@H]1C2. The quantitative estimate of drug-likeness (QED) is 0.0270. The van der Waals surface area contributed by atoms with Crippen LogP contribution in [0.25, 0.3) is 0 Å². The van der Waals surface area contributed by atoms with Crippen molar-refractivity contribution in [1.82, 2.24) is 45.0 Å². The van der Waals surface area contributed by atoms with Gasteiger partial charge in [-0.25, -0.2) is 28.1 Å². The molecule has 2 aliphatic heterocycles. The Hall–Kier alpha value is -8.58. The Labute approximate surface area is 562 Å². The highest BCUT2D eigenvalue weighted by Crippen LogP contribution is 2.48. The van der Waals surface area contributed by atoms with E-state index in [1.807, 2.05) is 74.5 Å². The fourth-order valence-electron chi connectivity index (χ4n) is 14.7. The second kappa shape index (κ2) is 29.6. The van der Waals surface area contributed by atoms with E-state index in [1.54, 1.807) is 0 Å². The van der Waals surface area contributed by atoms with Crippen LogP contribution in [0, 0.1) is 91.5 Å². The van der Waals surface area contributed by atoms with Gasteiger partial charge in [-0.1, -0.05) is 66.3 Å². The molecule has 5 fully saturated rings. The van der Waals surface area contributed by atoms with Crippen molar-refractivity contribution in [3.8, 4) is 0 Å². The van der Waals surface area contributed by atoms with Crippen molar-refractivity contribution < 1.29 is 27.6 Å². The molecule has 6 bridgehead atoms. The van der Waals surface area contributed by atoms with Gasteiger partial charge in [0, 0.05) is 93.2 Å². The maximum absolute atomic E-state index is 14.5. The van der Waals surface area contributed by atoms with E-state index >= 15 is 0 Å². The lowest BCUT2D eigenvalue weighted by Gasteiger charge is -2.35. The third-order valence-electron chi connectivity index (χ3n) is 19.7. The molecule has 26 heteroatoms. The summed E-state index contributed by atoms with van der Waals surface area (Å²) in [5.74, 6) is -2.28. The van der Waals surface area contributed by atoms with Crippen LogP contribution < -0.4 is 53.6 Å². The number of amides is 3. The smallest absolute Gasteiger partial charge is 0.229 e. The number of hydrogen-bond acceptors (Lipinski definition) is 18. The standard InChI is InChI=1S/C24H30FN7O.C21H22ClFN4O.C12H12ClFN4O.C12H19N3/c1-14-11-17(5-6-19(14)32-9-7-31(2)8-10-32)28-24-27-13-18(25)23(30-24)29-21-16-4-3-15(12-16)20(21)22(26)33;1-11-3-5-13(6-4-11)12(2)25-20(28)17-14-7-8-15(9-14)18(17)26-19-16(23)10-24-21(22)27-19;13-12-16-4-7(14)11(18-12)17-9-6-2-1-5(3-6)8(9)10(15)19;1-10-9-11(13)3-4-12(10)15-7-5-14(2)6-8-15/h3-6,11,13,15-16,20-21H,7-10,12H2,1-2H3,(H2,26,33)(H2,27,28,29,30);3-8,10,12,14-15,17-18H,9H2,1-2H3,(H,25,28)(H,24,26,27);1-2,4-6,8-9H,3H2,(H2,15,19)(H,16,17,18);3-4,9H,5-8,13H2,1-2H3/t15-,16+,20+,21-;12-,14+,15-,17?,18+;5-,6+,8?,9-;/m010./s1. The molecule has 13 atom stereocenters. The van der Waals surface area contributed by atoms with Crippen LogP contribution in [0.3, 0.4) is 0 Å². The van der Waals surface area contributed by atoms with Gasteiger partial charge in [0.05, 0.1) is 42.4 Å². The Morgan fingerprint density at radius 2 is 0.947 bits per heavy atom. The average molecular weight is 1340 g/mol. The molecule has 0 spiro atoms. The van der Waals surface area contributed by atoms with Gasteiger partial charge in [0.25, 0.3) is 0 Å². The van der Waals surface area contributed by atoms with Crippen molar-refractivity contribution in [2.75, 3.05) is 103 Å². The van der Waals surface area contributed by atoms with Gasteiger partial charge in [-0.15, -0.1) is 0 Å². The highest BCUT2D eigenvalue weighted by atomic mass is 35.5. The number of primary amides is 2. The lowest BCUT2D eigenvalue weighted by Crippen LogP contribution is -2.44. The number of nitrogen functional groups attached to an aromatic ring is 1. The lowest BCUT2D eigenvalue weighted by molar-refractivity contribution is -0.126. The number of likely N-dealkylation sites (N-methyl/N-ethyl adjacent to an activating group) is 2. The van der Waals surface area contributed by atoms with E-state index in [-0.39, 0.29) is 123 Å². The van der Waals surface area contributed by atoms with Crippen LogP contribution in [0.15, 0.2) is 116 Å². The van der Waals surface area contributed by atoms with Crippen molar-refractivity contribution in [1.29, 1.82) is 0 Å². The summed E-state index contributed by atoms with van der Waals surface area (Å²) < 4.78 is 42.2. The van der Waals surface area contributed by atoms with Gasteiger partial charge in [0.15, 0.2) is 34.9 Å². The molecule has 14 rings (SSSR count). The van der Waals surface area contributed by atoms with E-state index in [2.05, 4.69) is 140 Å². The van der Waals surface area contributed by atoms with E-state index in [1.165, 1.54) is 22.5 Å². The van der Waals surface area contributed by atoms with Crippen LogP contribution in [-0.4, -0.2) is 142 Å². The third-order valence-corrected chi connectivity index (χ3v) is 20.1. The van der Waals surface area contributed by atoms with E-state index in [0.717, 1.165) is 113 Å². The number of anilines is 8. The maximum atomic E-state index is 14.5. The van der Waals surface area contributed by atoms with Crippen molar-refractivity contribution in [2.24, 2.45) is 64.7 Å². The van der Waals surface area contributed by atoms with Gasteiger partial charge in [0.2, 0.25) is 34.2 Å². The molecule has 0 radical (unpaired) electrons. The molecule has 6 aromatic rings. The van der Waals surface area contributed by atoms with Gasteiger partial charge in [-0.2, -0.15) is 15.0 Å². The number of nitrogens with one attached hydrogen (secondary N) is 5. The Bertz CT molecular complexity index is 3850. The van der Waals surface area contributed by atoms with Crippen LogP contribution in [-0.2, 0) is 14.4 Å². The van der Waals surface area contributed by atoms with Crippen LogP contribution in [0.5, 0.6) is 0 Å². The molecule has 3 aromatic heterocycles. The fraction of sp³-hybridized carbons (Fsp3) is 0.435. The number of aryl methyl sites for hydroxylation is 3. The summed E-state index contributed by atoms with van der Waals surface area (Å²) in [6.07, 6.45) is 18.1. The number of allylic oxidation sites excluding steroid dienone is 3. The van der Waals surface area contributed by atoms with Gasteiger partial charge in [0.1, 0.15) is 0 Å². The molecule has 2 saturated heterocycles. The third kappa shape index (κ3) is 15.9. The monoisotopic (exact) mass is 1340 g/mol. The highest BCUT2D eigenvalue weighted by molar-refractivity contribution is 6.28. The summed E-state index contributed by atoms with van der Waals surface area (Å²) in [5, 5.41) is 15.4.